The van der Waals surface area contributed by atoms with Crippen LogP contribution in [0, 0.1) is 5.92 Å². The molecule has 0 amide bonds. The first-order valence-electron chi connectivity index (χ1n) is 10.7. The molecule has 3 aromatic heterocycles. The average molecular weight is 484 g/mol. The molecule has 31 heavy (non-hydrogen) atoms. The summed E-state index contributed by atoms with van der Waals surface area (Å²) in [6, 6.07) is 3.88. The molecule has 0 saturated carbocycles. The minimum Gasteiger partial charge on any atom is -0.468 e. The van der Waals surface area contributed by atoms with Crippen molar-refractivity contribution in [2.24, 2.45) is 5.92 Å². The molecule has 7 nitrogen and oxygen atoms in total. The molecule has 0 unspecified atom stereocenters. The van der Waals surface area contributed by atoms with E-state index in [1.807, 2.05) is 39.1 Å². The number of hydrogen-bond donors (Lipinski definition) is 1. The van der Waals surface area contributed by atoms with E-state index in [0.717, 1.165) is 58.8 Å². The zero-order chi connectivity index (χ0) is 22.2. The van der Waals surface area contributed by atoms with Crippen LogP contribution < -0.4 is 5.73 Å². The van der Waals surface area contributed by atoms with E-state index in [4.69, 9.17) is 10.5 Å². The van der Waals surface area contributed by atoms with Crippen molar-refractivity contribution in [1.29, 1.82) is 0 Å². The molecular formula is C22H27BBrN5O2. The number of anilines is 1. The molecule has 0 aromatic carbocycles. The largest absolute Gasteiger partial charge is 0.468 e. The van der Waals surface area contributed by atoms with Crippen LogP contribution in [0.3, 0.4) is 0 Å². The van der Waals surface area contributed by atoms with Crippen LogP contribution in [0.5, 0.6) is 0 Å². The monoisotopic (exact) mass is 483 g/mol. The molecular weight excluding hydrogens is 457 g/mol. The summed E-state index contributed by atoms with van der Waals surface area (Å²) in [6.45, 7) is 6.64. The van der Waals surface area contributed by atoms with E-state index < -0.39 is 5.60 Å². The van der Waals surface area contributed by atoms with Crippen LogP contribution in [0.25, 0.3) is 22.2 Å². The van der Waals surface area contributed by atoms with Gasteiger partial charge >= 0.3 is 0 Å². The van der Waals surface area contributed by atoms with Crippen molar-refractivity contribution < 1.29 is 9.53 Å². The van der Waals surface area contributed by atoms with Crippen molar-refractivity contribution in [3.8, 4) is 11.3 Å². The third-order valence-corrected chi connectivity index (χ3v) is 6.16. The third-order valence-electron chi connectivity index (χ3n) is 5.73. The number of nitrogen functional groups attached to an aromatic ring is 1. The number of halogens is 1. The van der Waals surface area contributed by atoms with Gasteiger partial charge in [0.1, 0.15) is 10.2 Å². The van der Waals surface area contributed by atoms with Gasteiger partial charge in [-0.1, -0.05) is 25.5 Å². The van der Waals surface area contributed by atoms with E-state index in [1.54, 1.807) is 6.20 Å². The number of hydrogen-bond acceptors (Lipinski definition) is 6. The van der Waals surface area contributed by atoms with E-state index in [0.29, 0.717) is 5.92 Å². The molecule has 4 heterocycles. The van der Waals surface area contributed by atoms with E-state index >= 15 is 0 Å². The van der Waals surface area contributed by atoms with Crippen LogP contribution in [-0.2, 0) is 11.3 Å². The Kier molecular flexibility index (Phi) is 6.06. The fourth-order valence-corrected chi connectivity index (χ4v) is 4.62. The molecule has 1 fully saturated rings. The average Bonchev–Trinajstić information content (AvgIpc) is 3.04. The fraction of sp³-hybridized carbons (Fsp3) is 0.455. The number of nitrogens with two attached hydrogens (primary N) is 1. The Hall–Kier alpha value is -2.42. The van der Waals surface area contributed by atoms with Crippen molar-refractivity contribution >= 4 is 45.4 Å². The Morgan fingerprint density at radius 2 is 2.06 bits per heavy atom. The second kappa shape index (κ2) is 8.61. The molecule has 0 radical (unpaired) electrons. The summed E-state index contributed by atoms with van der Waals surface area (Å²) in [5.74, 6) is 0.697. The van der Waals surface area contributed by atoms with Crippen molar-refractivity contribution in [1.82, 2.24) is 19.5 Å². The highest BCUT2D eigenvalue weighted by Gasteiger charge is 2.33. The van der Waals surface area contributed by atoms with E-state index in [1.165, 1.54) is 0 Å². The van der Waals surface area contributed by atoms with Gasteiger partial charge in [0.15, 0.2) is 0 Å². The minimum atomic E-state index is -0.431. The lowest BCUT2D eigenvalue weighted by molar-refractivity contribution is 0.0706. The molecule has 9 heteroatoms. The van der Waals surface area contributed by atoms with Gasteiger partial charge in [0.05, 0.1) is 17.4 Å². The lowest BCUT2D eigenvalue weighted by atomic mass is 9.40. The smallest absolute Gasteiger partial charge is 0.278 e. The van der Waals surface area contributed by atoms with Crippen molar-refractivity contribution in [3.05, 3.63) is 35.3 Å². The van der Waals surface area contributed by atoms with Crippen LogP contribution in [-0.4, -0.2) is 37.7 Å². The molecule has 0 spiro atoms. The van der Waals surface area contributed by atoms with Gasteiger partial charge in [-0.3, -0.25) is 4.79 Å². The standard InChI is InChI=1S/C22H27BBrN5O2/c1-22(2,3)31-20(30)23-7-4-14(5-8-23)12-29-13-16(17-6-9-26-21(25)28-17)15-10-19(24)27-11-18(15)29/h6,9-11,13-14H,4-5,7-8,12H2,1-3H3,(H2,25,26,28). The van der Waals surface area contributed by atoms with Gasteiger partial charge in [-0.25, -0.2) is 15.0 Å². The molecule has 1 aliphatic heterocycles. The van der Waals surface area contributed by atoms with Gasteiger partial charge in [-0.15, -0.1) is 0 Å². The van der Waals surface area contributed by atoms with Gasteiger partial charge in [-0.2, -0.15) is 0 Å². The highest BCUT2D eigenvalue weighted by molar-refractivity contribution is 9.10. The van der Waals surface area contributed by atoms with Crippen molar-refractivity contribution in [2.75, 3.05) is 5.73 Å². The zero-order valence-corrected chi connectivity index (χ0v) is 19.7. The summed E-state index contributed by atoms with van der Waals surface area (Å²) in [7, 11) is 0. The van der Waals surface area contributed by atoms with E-state index in [9.17, 15) is 4.79 Å². The third kappa shape index (κ3) is 5.09. The summed E-state index contributed by atoms with van der Waals surface area (Å²) in [5.41, 5.74) is 8.25. The van der Waals surface area contributed by atoms with Crippen molar-refractivity contribution in [2.45, 2.75) is 58.4 Å². The Bertz CT molecular complexity index is 1100. The number of nitrogens with zero attached hydrogens (tertiary/aromatic N) is 4. The maximum absolute atomic E-state index is 12.4. The summed E-state index contributed by atoms with van der Waals surface area (Å²) < 4.78 is 8.61. The number of ether oxygens (including phenoxy) is 1. The van der Waals surface area contributed by atoms with Gasteiger partial charge in [0, 0.05) is 29.9 Å². The van der Waals surface area contributed by atoms with Crippen LogP contribution in [0.1, 0.15) is 33.6 Å². The first-order chi connectivity index (χ1) is 14.7. The van der Waals surface area contributed by atoms with Crippen molar-refractivity contribution in [3.63, 3.8) is 0 Å². The lowest BCUT2D eigenvalue weighted by Gasteiger charge is -2.28. The number of rotatable bonds is 4. The quantitative estimate of drug-likeness (QED) is 0.401. The van der Waals surface area contributed by atoms with E-state index in [-0.39, 0.29) is 18.5 Å². The first kappa shape index (κ1) is 21.8. The maximum Gasteiger partial charge on any atom is 0.278 e. The first-order valence-corrected chi connectivity index (χ1v) is 11.4. The molecule has 0 bridgehead atoms. The molecule has 1 saturated heterocycles. The summed E-state index contributed by atoms with van der Waals surface area (Å²) in [6.07, 6.45) is 9.44. The van der Waals surface area contributed by atoms with Gasteiger partial charge < -0.3 is 15.0 Å². The predicted molar refractivity (Wildman–Crippen MR) is 127 cm³/mol. The molecule has 162 valence electrons. The second-order valence-electron chi connectivity index (χ2n) is 9.27. The van der Waals surface area contributed by atoms with Crippen LogP contribution >= 0.6 is 15.9 Å². The number of pyridine rings is 1. The highest BCUT2D eigenvalue weighted by atomic mass is 79.9. The molecule has 3 aromatic rings. The van der Waals surface area contributed by atoms with Gasteiger partial charge in [0.25, 0.3) is 12.6 Å². The van der Waals surface area contributed by atoms with Crippen LogP contribution in [0.4, 0.5) is 10.7 Å². The second-order valence-corrected chi connectivity index (χ2v) is 10.1. The summed E-state index contributed by atoms with van der Waals surface area (Å²) in [5, 5.41) is 1.07. The SMILES string of the molecule is CC(C)(C)OC(=O)B1CCC(Cn2cc(-c3ccnc(N)n3)c3cc(Br)ncc32)CC1. The minimum absolute atomic E-state index is 0.00839. The van der Waals surface area contributed by atoms with Gasteiger partial charge in [0.2, 0.25) is 5.95 Å². The molecule has 0 aliphatic carbocycles. The Morgan fingerprint density at radius 1 is 1.32 bits per heavy atom. The van der Waals surface area contributed by atoms with E-state index in [2.05, 4.69) is 41.6 Å². The number of aromatic nitrogens is 4. The predicted octanol–water partition coefficient (Wildman–Crippen LogP) is 5.26. The molecule has 4 rings (SSSR count). The molecule has 1 aliphatic rings. The molecule has 2 N–H and O–H groups in total. The zero-order valence-electron chi connectivity index (χ0n) is 18.1. The van der Waals surface area contributed by atoms with Crippen LogP contribution in [0.15, 0.2) is 35.3 Å². The summed E-state index contributed by atoms with van der Waals surface area (Å²) in [4.78, 5) is 25.3. The topological polar surface area (TPSA) is 95.9 Å². The van der Waals surface area contributed by atoms with Gasteiger partial charge in [-0.05, 0) is 54.8 Å². The van der Waals surface area contributed by atoms with Crippen LogP contribution in [0.2, 0.25) is 12.6 Å². The normalized spacial score (nSPS) is 15.4. The number of carbonyl (C=O) groups excluding carboxylic acids is 1. The summed E-state index contributed by atoms with van der Waals surface area (Å²) >= 11 is 3.48. The Morgan fingerprint density at radius 3 is 2.74 bits per heavy atom. The fourth-order valence-electron chi connectivity index (χ4n) is 4.29. The number of carbonyl (C=O) groups is 1. The lowest BCUT2D eigenvalue weighted by Crippen LogP contribution is -2.36. The highest BCUT2D eigenvalue weighted by Crippen LogP contribution is 2.34. The molecule has 0 atom stereocenters. The Balaban J connectivity index is 1.53. The Labute approximate surface area is 191 Å². The maximum atomic E-state index is 12.4. The number of fused-ring (bicyclic) bond motifs is 1.